The summed E-state index contributed by atoms with van der Waals surface area (Å²) in [5, 5.41) is 4.02. The van der Waals surface area contributed by atoms with E-state index in [1.807, 2.05) is 16.7 Å². The van der Waals surface area contributed by atoms with Crippen molar-refractivity contribution in [2.24, 2.45) is 12.0 Å². The lowest BCUT2D eigenvalue weighted by Crippen LogP contribution is -2.18. The summed E-state index contributed by atoms with van der Waals surface area (Å²) in [6.07, 6.45) is 3.35. The zero-order chi connectivity index (χ0) is 17.4. The summed E-state index contributed by atoms with van der Waals surface area (Å²) in [6.45, 7) is 5.40. The van der Waals surface area contributed by atoms with E-state index < -0.39 is 0 Å². The van der Waals surface area contributed by atoms with Crippen LogP contribution in [0.25, 0.3) is 10.2 Å². The lowest BCUT2D eigenvalue weighted by Gasteiger charge is -2.18. The number of ether oxygens (including phenoxy) is 2. The lowest BCUT2D eigenvalue weighted by atomic mass is 10.2. The normalized spacial score (nSPS) is 14.0. The van der Waals surface area contributed by atoms with Crippen LogP contribution in [-0.4, -0.2) is 33.5 Å². The first-order valence-corrected chi connectivity index (χ1v) is 8.60. The van der Waals surface area contributed by atoms with Crippen LogP contribution in [0.3, 0.4) is 0 Å². The second-order valence-corrected chi connectivity index (χ2v) is 6.51. The smallest absolute Gasteiger partial charge is 0.297 e. The summed E-state index contributed by atoms with van der Waals surface area (Å²) in [4.78, 5) is 17.4. The third kappa shape index (κ3) is 2.74. The molecule has 0 saturated carbocycles. The summed E-state index contributed by atoms with van der Waals surface area (Å²) in [7, 11) is 1.72. The zero-order valence-corrected chi connectivity index (χ0v) is 14.5. The van der Waals surface area contributed by atoms with Crippen LogP contribution in [0.5, 0.6) is 11.5 Å². The molecule has 128 valence electrons. The van der Waals surface area contributed by atoms with Crippen molar-refractivity contribution < 1.29 is 14.3 Å². The van der Waals surface area contributed by atoms with E-state index in [0.717, 1.165) is 16.0 Å². The van der Waals surface area contributed by atoms with Gasteiger partial charge in [-0.2, -0.15) is 10.1 Å². The van der Waals surface area contributed by atoms with Crippen molar-refractivity contribution in [3.8, 4) is 11.5 Å². The minimum Gasteiger partial charge on any atom is -0.486 e. The van der Waals surface area contributed by atoms with Crippen LogP contribution in [0.2, 0.25) is 0 Å². The Hall–Kier alpha value is -2.87. The third-order valence-corrected chi connectivity index (χ3v) is 4.94. The van der Waals surface area contributed by atoms with Crippen LogP contribution >= 0.6 is 11.3 Å². The number of carbonyl (C=O) groups is 1. The lowest BCUT2D eigenvalue weighted by molar-refractivity contribution is 0.0989. The highest BCUT2D eigenvalue weighted by Crippen LogP contribution is 2.35. The van der Waals surface area contributed by atoms with Crippen molar-refractivity contribution in [3.05, 3.63) is 47.5 Å². The van der Waals surface area contributed by atoms with Gasteiger partial charge in [0, 0.05) is 31.9 Å². The second kappa shape index (κ2) is 6.21. The fourth-order valence-electron chi connectivity index (χ4n) is 2.73. The van der Waals surface area contributed by atoms with Crippen LogP contribution in [0, 0.1) is 0 Å². The largest absolute Gasteiger partial charge is 0.486 e. The van der Waals surface area contributed by atoms with Crippen molar-refractivity contribution in [1.29, 1.82) is 0 Å². The van der Waals surface area contributed by atoms with Crippen molar-refractivity contribution in [2.75, 3.05) is 13.2 Å². The average Bonchev–Trinajstić information content (AvgIpc) is 3.17. The monoisotopic (exact) mass is 356 g/mol. The number of hydrogen-bond donors (Lipinski definition) is 0. The Morgan fingerprint density at radius 2 is 2.16 bits per heavy atom. The summed E-state index contributed by atoms with van der Waals surface area (Å²) >= 11 is 1.43. The molecular weight excluding hydrogens is 340 g/mol. The first-order valence-electron chi connectivity index (χ1n) is 7.78. The van der Waals surface area contributed by atoms with Gasteiger partial charge in [-0.05, 0) is 6.07 Å². The molecule has 2 aromatic heterocycles. The summed E-state index contributed by atoms with van der Waals surface area (Å²) in [6, 6.07) is 5.51. The Labute approximate surface area is 147 Å². The molecule has 25 heavy (non-hydrogen) atoms. The zero-order valence-electron chi connectivity index (χ0n) is 13.6. The molecule has 1 aliphatic rings. The molecule has 3 aromatic rings. The highest BCUT2D eigenvalue weighted by molar-refractivity contribution is 7.16. The number of nitrogens with zero attached hydrogens (tertiary/aromatic N) is 4. The van der Waals surface area contributed by atoms with Crippen LogP contribution < -0.4 is 14.3 Å². The van der Waals surface area contributed by atoms with E-state index in [9.17, 15) is 4.79 Å². The van der Waals surface area contributed by atoms with Gasteiger partial charge in [-0.25, -0.2) is 0 Å². The fourth-order valence-corrected chi connectivity index (χ4v) is 3.77. The van der Waals surface area contributed by atoms with Crippen molar-refractivity contribution in [2.45, 2.75) is 6.54 Å². The van der Waals surface area contributed by atoms with Crippen LogP contribution in [0.1, 0.15) is 10.5 Å². The van der Waals surface area contributed by atoms with Gasteiger partial charge in [0.25, 0.3) is 5.91 Å². The van der Waals surface area contributed by atoms with Gasteiger partial charge in [0.2, 0.25) is 0 Å². The molecule has 0 atom stereocenters. The molecule has 0 unspecified atom stereocenters. The van der Waals surface area contributed by atoms with Gasteiger partial charge in [-0.1, -0.05) is 17.4 Å². The van der Waals surface area contributed by atoms with E-state index in [4.69, 9.17) is 9.47 Å². The van der Waals surface area contributed by atoms with Crippen molar-refractivity contribution in [3.63, 3.8) is 0 Å². The Kier molecular flexibility index (Phi) is 3.89. The first-order chi connectivity index (χ1) is 12.2. The highest BCUT2D eigenvalue weighted by atomic mass is 32.1. The van der Waals surface area contributed by atoms with Crippen molar-refractivity contribution >= 4 is 27.5 Å². The predicted molar refractivity (Wildman–Crippen MR) is 94.1 cm³/mol. The van der Waals surface area contributed by atoms with Gasteiger partial charge >= 0.3 is 0 Å². The maximum absolute atomic E-state index is 12.5. The summed E-state index contributed by atoms with van der Waals surface area (Å²) in [5.41, 5.74) is 1.37. The minimum absolute atomic E-state index is 0.332. The van der Waals surface area contributed by atoms with E-state index in [-0.39, 0.29) is 5.91 Å². The highest BCUT2D eigenvalue weighted by Gasteiger charge is 2.17. The predicted octanol–water partition coefficient (Wildman–Crippen LogP) is 2.13. The van der Waals surface area contributed by atoms with Crippen LogP contribution in [-0.2, 0) is 13.6 Å². The Morgan fingerprint density at radius 3 is 2.84 bits per heavy atom. The number of aryl methyl sites for hydroxylation is 1. The number of aromatic nitrogens is 3. The molecule has 0 fully saturated rings. The molecule has 1 amide bonds. The average molecular weight is 356 g/mol. The minimum atomic E-state index is -0.332. The number of thiazole rings is 1. The number of carbonyl (C=O) groups excluding carboxylic acids is 1. The molecule has 0 saturated heterocycles. The SMILES string of the molecule is C=CCn1c(=NC(=O)c2ccnn2C)sc2cc3c(cc21)OCCO3. The van der Waals surface area contributed by atoms with Gasteiger partial charge in [-0.15, -0.1) is 6.58 Å². The molecular formula is C17H16N4O3S. The molecule has 0 N–H and O–H groups in total. The Balaban J connectivity index is 1.89. The topological polar surface area (TPSA) is 70.6 Å². The van der Waals surface area contributed by atoms with E-state index in [1.165, 1.54) is 16.0 Å². The van der Waals surface area contributed by atoms with E-state index in [2.05, 4.69) is 16.7 Å². The molecule has 0 aliphatic carbocycles. The van der Waals surface area contributed by atoms with Gasteiger partial charge in [0.05, 0.1) is 10.2 Å². The number of benzene rings is 1. The van der Waals surface area contributed by atoms with Gasteiger partial charge in [-0.3, -0.25) is 9.48 Å². The van der Waals surface area contributed by atoms with Crippen LogP contribution in [0.4, 0.5) is 0 Å². The summed E-state index contributed by atoms with van der Waals surface area (Å²) in [5.74, 6) is 1.09. The van der Waals surface area contributed by atoms with Crippen molar-refractivity contribution in [1.82, 2.24) is 14.3 Å². The molecule has 0 spiro atoms. The molecule has 4 rings (SSSR count). The maximum atomic E-state index is 12.5. The molecule has 7 nitrogen and oxygen atoms in total. The standard InChI is InChI=1S/C17H16N4O3S/c1-3-6-21-12-9-13-14(24-8-7-23-13)10-15(12)25-17(21)19-16(22)11-4-5-18-20(11)2/h3-5,9-10H,1,6-8H2,2H3. The molecule has 3 heterocycles. The maximum Gasteiger partial charge on any atom is 0.297 e. The molecule has 0 radical (unpaired) electrons. The van der Waals surface area contributed by atoms with E-state index in [0.29, 0.717) is 36.0 Å². The van der Waals surface area contributed by atoms with Gasteiger partial charge < -0.3 is 14.0 Å². The molecule has 1 aliphatic heterocycles. The fraction of sp³-hybridized carbons (Fsp3) is 0.235. The molecule has 1 aromatic carbocycles. The Morgan fingerprint density at radius 1 is 1.40 bits per heavy atom. The number of allylic oxidation sites excluding steroid dienone is 1. The number of amides is 1. The van der Waals surface area contributed by atoms with E-state index >= 15 is 0 Å². The number of hydrogen-bond acceptors (Lipinski definition) is 5. The molecule has 8 heteroatoms. The third-order valence-electron chi connectivity index (χ3n) is 3.90. The summed E-state index contributed by atoms with van der Waals surface area (Å²) < 4.78 is 15.7. The number of fused-ring (bicyclic) bond motifs is 2. The van der Waals surface area contributed by atoms with E-state index in [1.54, 1.807) is 25.4 Å². The quantitative estimate of drug-likeness (QED) is 0.674. The van der Waals surface area contributed by atoms with Gasteiger partial charge in [0.15, 0.2) is 16.3 Å². The Bertz CT molecular complexity index is 1040. The van der Waals surface area contributed by atoms with Crippen LogP contribution in [0.15, 0.2) is 42.0 Å². The van der Waals surface area contributed by atoms with Gasteiger partial charge in [0.1, 0.15) is 18.9 Å². The second-order valence-electron chi connectivity index (χ2n) is 5.50. The first kappa shape index (κ1) is 15.6. The molecule has 0 bridgehead atoms. The number of rotatable bonds is 3.